The standard InChI is InChI=1S/C12H19N3O3/c1-12(2,3)10(5-7-16)14-11-8-9(15(17)18)4-6-13-11/h4,6,8,10,16H,5,7H2,1-3H3,(H,13,14). The number of rotatable bonds is 5. The van der Waals surface area contributed by atoms with Crippen LogP contribution in [-0.4, -0.2) is 27.7 Å². The highest BCUT2D eigenvalue weighted by molar-refractivity contribution is 5.45. The van der Waals surface area contributed by atoms with Crippen LogP contribution in [0.25, 0.3) is 0 Å². The molecule has 1 unspecified atom stereocenters. The van der Waals surface area contributed by atoms with E-state index >= 15 is 0 Å². The van der Waals surface area contributed by atoms with Gasteiger partial charge >= 0.3 is 0 Å². The maximum Gasteiger partial charge on any atom is 0.274 e. The summed E-state index contributed by atoms with van der Waals surface area (Å²) in [6, 6.07) is 2.75. The van der Waals surface area contributed by atoms with Crippen molar-refractivity contribution in [1.82, 2.24) is 4.98 Å². The van der Waals surface area contributed by atoms with Gasteiger partial charge in [-0.1, -0.05) is 20.8 Å². The number of nitrogens with one attached hydrogen (secondary N) is 1. The van der Waals surface area contributed by atoms with E-state index in [2.05, 4.69) is 10.3 Å². The monoisotopic (exact) mass is 253 g/mol. The fourth-order valence-corrected chi connectivity index (χ4v) is 1.64. The van der Waals surface area contributed by atoms with Gasteiger partial charge in [0.05, 0.1) is 11.0 Å². The molecule has 0 aromatic carbocycles. The summed E-state index contributed by atoms with van der Waals surface area (Å²) < 4.78 is 0. The van der Waals surface area contributed by atoms with Gasteiger partial charge in [0.25, 0.3) is 5.69 Å². The number of aromatic nitrogens is 1. The highest BCUT2D eigenvalue weighted by atomic mass is 16.6. The van der Waals surface area contributed by atoms with E-state index in [4.69, 9.17) is 5.11 Å². The zero-order valence-corrected chi connectivity index (χ0v) is 10.9. The molecule has 6 nitrogen and oxygen atoms in total. The molecule has 1 rings (SSSR count). The van der Waals surface area contributed by atoms with E-state index in [0.717, 1.165) is 0 Å². The highest BCUT2D eigenvalue weighted by Crippen LogP contribution is 2.25. The van der Waals surface area contributed by atoms with Gasteiger partial charge in [-0.2, -0.15) is 0 Å². The van der Waals surface area contributed by atoms with Crippen LogP contribution in [-0.2, 0) is 0 Å². The molecular weight excluding hydrogens is 234 g/mol. The zero-order chi connectivity index (χ0) is 13.8. The van der Waals surface area contributed by atoms with E-state index in [1.807, 2.05) is 20.8 Å². The second-order valence-electron chi connectivity index (χ2n) is 5.23. The molecule has 0 amide bonds. The van der Waals surface area contributed by atoms with E-state index in [1.165, 1.54) is 18.3 Å². The molecule has 0 radical (unpaired) electrons. The normalized spacial score (nSPS) is 13.1. The van der Waals surface area contributed by atoms with Crippen LogP contribution in [0, 0.1) is 15.5 Å². The largest absolute Gasteiger partial charge is 0.396 e. The molecule has 0 spiro atoms. The van der Waals surface area contributed by atoms with Crippen LogP contribution in [0.5, 0.6) is 0 Å². The topological polar surface area (TPSA) is 88.3 Å². The van der Waals surface area contributed by atoms with Gasteiger partial charge in [0.15, 0.2) is 0 Å². The van der Waals surface area contributed by atoms with Gasteiger partial charge < -0.3 is 10.4 Å². The number of nitro groups is 1. The van der Waals surface area contributed by atoms with Crippen molar-refractivity contribution >= 4 is 11.5 Å². The molecule has 0 fully saturated rings. The molecule has 0 saturated carbocycles. The van der Waals surface area contributed by atoms with E-state index < -0.39 is 4.92 Å². The Morgan fingerprint density at radius 1 is 1.56 bits per heavy atom. The van der Waals surface area contributed by atoms with E-state index in [1.54, 1.807) is 0 Å². The predicted molar refractivity (Wildman–Crippen MR) is 69.5 cm³/mol. The van der Waals surface area contributed by atoms with Gasteiger partial charge in [-0.15, -0.1) is 0 Å². The van der Waals surface area contributed by atoms with Gasteiger partial charge in [0.2, 0.25) is 0 Å². The molecule has 2 N–H and O–H groups in total. The van der Waals surface area contributed by atoms with Gasteiger partial charge in [-0.25, -0.2) is 4.98 Å². The third-order valence-corrected chi connectivity index (χ3v) is 2.74. The molecule has 0 bridgehead atoms. The van der Waals surface area contributed by atoms with Crippen molar-refractivity contribution in [3.63, 3.8) is 0 Å². The lowest BCUT2D eigenvalue weighted by Gasteiger charge is -2.31. The van der Waals surface area contributed by atoms with Crippen LogP contribution < -0.4 is 5.32 Å². The number of anilines is 1. The van der Waals surface area contributed by atoms with E-state index in [-0.39, 0.29) is 23.8 Å². The van der Waals surface area contributed by atoms with Crippen molar-refractivity contribution < 1.29 is 10.0 Å². The quantitative estimate of drug-likeness (QED) is 0.620. The number of pyridine rings is 1. The van der Waals surface area contributed by atoms with Crippen molar-refractivity contribution in [3.8, 4) is 0 Å². The van der Waals surface area contributed by atoms with Crippen LogP contribution in [0.3, 0.4) is 0 Å². The smallest absolute Gasteiger partial charge is 0.274 e. The van der Waals surface area contributed by atoms with Crippen LogP contribution in [0.2, 0.25) is 0 Å². The first kappa shape index (κ1) is 14.4. The molecule has 1 atom stereocenters. The molecule has 1 aromatic rings. The Hall–Kier alpha value is -1.69. The number of aliphatic hydroxyl groups excluding tert-OH is 1. The van der Waals surface area contributed by atoms with Crippen molar-refractivity contribution in [2.24, 2.45) is 5.41 Å². The number of nitrogens with zero attached hydrogens (tertiary/aromatic N) is 2. The Bertz CT molecular complexity index is 415. The van der Waals surface area contributed by atoms with Gasteiger partial charge in [0.1, 0.15) is 5.82 Å². The molecule has 18 heavy (non-hydrogen) atoms. The average Bonchev–Trinajstić information content (AvgIpc) is 2.27. The minimum absolute atomic E-state index is 0.00277. The molecule has 1 heterocycles. The average molecular weight is 253 g/mol. The van der Waals surface area contributed by atoms with Crippen LogP contribution in [0.15, 0.2) is 18.3 Å². The minimum Gasteiger partial charge on any atom is -0.396 e. The van der Waals surface area contributed by atoms with Crippen LogP contribution in [0.4, 0.5) is 11.5 Å². The van der Waals surface area contributed by atoms with Gasteiger partial charge in [-0.3, -0.25) is 10.1 Å². The zero-order valence-electron chi connectivity index (χ0n) is 10.9. The Morgan fingerprint density at radius 3 is 2.72 bits per heavy atom. The third-order valence-electron chi connectivity index (χ3n) is 2.74. The lowest BCUT2D eigenvalue weighted by atomic mass is 9.85. The summed E-state index contributed by atoms with van der Waals surface area (Å²) in [7, 11) is 0. The SMILES string of the molecule is CC(C)(C)C(CCO)Nc1cc([N+](=O)[O-])ccn1. The Labute approximate surface area is 106 Å². The van der Waals surface area contributed by atoms with Crippen molar-refractivity contribution in [2.75, 3.05) is 11.9 Å². The number of hydrogen-bond acceptors (Lipinski definition) is 5. The Balaban J connectivity index is 2.87. The molecule has 6 heteroatoms. The Kier molecular flexibility index (Phi) is 4.61. The summed E-state index contributed by atoms with van der Waals surface area (Å²) in [5.41, 5.74) is -0.0705. The van der Waals surface area contributed by atoms with E-state index in [9.17, 15) is 10.1 Å². The summed E-state index contributed by atoms with van der Waals surface area (Å²) in [5.74, 6) is 0.456. The van der Waals surface area contributed by atoms with Crippen LogP contribution in [0.1, 0.15) is 27.2 Å². The van der Waals surface area contributed by atoms with E-state index in [0.29, 0.717) is 12.2 Å². The fraction of sp³-hybridized carbons (Fsp3) is 0.583. The highest BCUT2D eigenvalue weighted by Gasteiger charge is 2.24. The fourth-order valence-electron chi connectivity index (χ4n) is 1.64. The predicted octanol–water partition coefficient (Wildman–Crippen LogP) is 2.20. The number of hydrogen-bond donors (Lipinski definition) is 2. The van der Waals surface area contributed by atoms with Crippen LogP contribution >= 0.6 is 0 Å². The molecule has 0 aliphatic rings. The van der Waals surface area contributed by atoms with Crippen molar-refractivity contribution in [1.29, 1.82) is 0 Å². The summed E-state index contributed by atoms with van der Waals surface area (Å²) in [5, 5.41) is 22.9. The maximum atomic E-state index is 10.7. The van der Waals surface area contributed by atoms with Gasteiger partial charge in [0, 0.05) is 24.9 Å². The first-order valence-electron chi connectivity index (χ1n) is 5.82. The third kappa shape index (κ3) is 3.96. The second-order valence-corrected chi connectivity index (χ2v) is 5.23. The molecule has 0 saturated heterocycles. The summed E-state index contributed by atoms with van der Waals surface area (Å²) >= 11 is 0. The minimum atomic E-state index is -0.453. The second kappa shape index (κ2) is 5.77. The maximum absolute atomic E-state index is 10.7. The lowest BCUT2D eigenvalue weighted by molar-refractivity contribution is -0.384. The summed E-state index contributed by atoms with van der Waals surface area (Å²) in [4.78, 5) is 14.3. The molecular formula is C12H19N3O3. The first-order chi connectivity index (χ1) is 8.34. The molecule has 0 aliphatic carbocycles. The summed E-state index contributed by atoms with van der Waals surface area (Å²) in [6.07, 6.45) is 1.97. The molecule has 1 aromatic heterocycles. The number of aliphatic hydroxyl groups is 1. The first-order valence-corrected chi connectivity index (χ1v) is 5.82. The van der Waals surface area contributed by atoms with Crippen molar-refractivity contribution in [2.45, 2.75) is 33.2 Å². The molecule has 100 valence electrons. The molecule has 0 aliphatic heterocycles. The lowest BCUT2D eigenvalue weighted by Crippen LogP contribution is -2.35. The Morgan fingerprint density at radius 2 is 2.22 bits per heavy atom. The van der Waals surface area contributed by atoms with Gasteiger partial charge in [-0.05, 0) is 11.8 Å². The van der Waals surface area contributed by atoms with Crippen molar-refractivity contribution in [3.05, 3.63) is 28.4 Å². The summed E-state index contributed by atoms with van der Waals surface area (Å²) in [6.45, 7) is 6.18.